The molecule has 6 heteroatoms. The van der Waals surface area contributed by atoms with Crippen molar-refractivity contribution < 1.29 is 14.7 Å². The number of carboxylic acids is 1. The van der Waals surface area contributed by atoms with Crippen LogP contribution in [0.4, 0.5) is 5.69 Å². The Morgan fingerprint density at radius 2 is 1.59 bits per heavy atom. The van der Waals surface area contributed by atoms with Crippen LogP contribution >= 0.6 is 0 Å². The Bertz CT molecular complexity index is 891. The molecule has 1 aliphatic rings. The Balaban J connectivity index is 1.67. The normalized spacial score (nSPS) is 14.6. The van der Waals surface area contributed by atoms with Gasteiger partial charge in [0.25, 0.3) is 5.91 Å². The lowest BCUT2D eigenvalue weighted by Gasteiger charge is -2.36. The van der Waals surface area contributed by atoms with Gasteiger partial charge in [-0.1, -0.05) is 30.3 Å². The number of nitriles is 1. The van der Waals surface area contributed by atoms with Gasteiger partial charge < -0.3 is 14.9 Å². The largest absolute Gasteiger partial charge is 0.478 e. The molecule has 0 aromatic heterocycles. The number of carboxylic acid groups (broad SMARTS) is 1. The molecular formula is C21H19N3O3. The third kappa shape index (κ3) is 4.33. The molecule has 2 aromatic carbocycles. The summed E-state index contributed by atoms with van der Waals surface area (Å²) in [4.78, 5) is 27.5. The van der Waals surface area contributed by atoms with E-state index < -0.39 is 5.97 Å². The summed E-state index contributed by atoms with van der Waals surface area (Å²) in [6, 6.07) is 18.1. The number of hydrogen-bond donors (Lipinski definition) is 1. The highest BCUT2D eigenvalue weighted by molar-refractivity contribution is 6.02. The zero-order chi connectivity index (χ0) is 19.2. The highest BCUT2D eigenvalue weighted by atomic mass is 16.4. The molecule has 0 bridgehead atoms. The van der Waals surface area contributed by atoms with Gasteiger partial charge in [-0.2, -0.15) is 5.26 Å². The SMILES string of the molecule is N#C/C(=C\c1ccc(C(=O)O)cc1)C(=O)N1CCN(c2ccccc2)CC1. The fourth-order valence-corrected chi connectivity index (χ4v) is 3.01. The van der Waals surface area contributed by atoms with Crippen molar-refractivity contribution >= 4 is 23.6 Å². The molecule has 0 radical (unpaired) electrons. The molecule has 6 nitrogen and oxygen atoms in total. The number of hydrogen-bond acceptors (Lipinski definition) is 4. The lowest BCUT2D eigenvalue weighted by atomic mass is 10.1. The van der Waals surface area contributed by atoms with Gasteiger partial charge in [0.15, 0.2) is 0 Å². The van der Waals surface area contributed by atoms with Crippen molar-refractivity contribution in [3.05, 3.63) is 71.3 Å². The van der Waals surface area contributed by atoms with Crippen molar-refractivity contribution in [2.75, 3.05) is 31.1 Å². The number of para-hydroxylation sites is 1. The van der Waals surface area contributed by atoms with Crippen LogP contribution in [0.5, 0.6) is 0 Å². The molecule has 27 heavy (non-hydrogen) atoms. The van der Waals surface area contributed by atoms with Crippen molar-refractivity contribution in [3.8, 4) is 6.07 Å². The first-order valence-electron chi connectivity index (χ1n) is 8.63. The van der Waals surface area contributed by atoms with Crippen LogP contribution in [0.15, 0.2) is 60.2 Å². The Labute approximate surface area is 157 Å². The summed E-state index contributed by atoms with van der Waals surface area (Å²) in [7, 11) is 0. The van der Waals surface area contributed by atoms with E-state index in [9.17, 15) is 14.9 Å². The number of carbonyl (C=O) groups excluding carboxylic acids is 1. The number of piperazine rings is 1. The summed E-state index contributed by atoms with van der Waals surface area (Å²) in [5.74, 6) is -1.31. The van der Waals surface area contributed by atoms with E-state index >= 15 is 0 Å². The molecule has 0 aliphatic carbocycles. The zero-order valence-corrected chi connectivity index (χ0v) is 14.7. The molecule has 1 N–H and O–H groups in total. The molecule has 1 amide bonds. The molecule has 2 aromatic rings. The van der Waals surface area contributed by atoms with Crippen molar-refractivity contribution in [1.82, 2.24) is 4.90 Å². The molecule has 1 aliphatic heterocycles. The summed E-state index contributed by atoms with van der Waals surface area (Å²) < 4.78 is 0. The van der Waals surface area contributed by atoms with Crippen molar-refractivity contribution in [3.63, 3.8) is 0 Å². The zero-order valence-electron chi connectivity index (χ0n) is 14.7. The van der Waals surface area contributed by atoms with Crippen molar-refractivity contribution in [2.45, 2.75) is 0 Å². The minimum absolute atomic E-state index is 0.0474. The van der Waals surface area contributed by atoms with Crippen LogP contribution < -0.4 is 4.90 Å². The van der Waals surface area contributed by atoms with Crippen LogP contribution in [-0.4, -0.2) is 48.1 Å². The summed E-state index contributed by atoms with van der Waals surface area (Å²) in [6.45, 7) is 2.51. The number of amides is 1. The molecule has 3 rings (SSSR count). The third-order valence-electron chi connectivity index (χ3n) is 4.51. The van der Waals surface area contributed by atoms with Gasteiger partial charge >= 0.3 is 5.97 Å². The van der Waals surface area contributed by atoms with Gasteiger partial charge in [-0.15, -0.1) is 0 Å². The number of benzene rings is 2. The van der Waals surface area contributed by atoms with Crippen LogP contribution in [0, 0.1) is 11.3 Å². The van der Waals surface area contributed by atoms with Crippen molar-refractivity contribution in [1.29, 1.82) is 5.26 Å². The molecule has 0 spiro atoms. The average molecular weight is 361 g/mol. The smallest absolute Gasteiger partial charge is 0.335 e. The predicted octanol–water partition coefficient (Wildman–Crippen LogP) is 2.64. The van der Waals surface area contributed by atoms with E-state index in [0.717, 1.165) is 5.69 Å². The quantitative estimate of drug-likeness (QED) is 0.668. The van der Waals surface area contributed by atoms with E-state index in [1.807, 2.05) is 36.4 Å². The fraction of sp³-hybridized carbons (Fsp3) is 0.190. The summed E-state index contributed by atoms with van der Waals surface area (Å²) in [5, 5.41) is 18.3. The maximum absolute atomic E-state index is 12.7. The summed E-state index contributed by atoms with van der Waals surface area (Å²) in [5.41, 5.74) is 1.95. The van der Waals surface area contributed by atoms with Crippen LogP contribution in [0.3, 0.4) is 0 Å². The second-order valence-corrected chi connectivity index (χ2v) is 6.21. The molecular weight excluding hydrogens is 342 g/mol. The molecule has 1 heterocycles. The van der Waals surface area contributed by atoms with Gasteiger partial charge in [0.1, 0.15) is 11.6 Å². The second-order valence-electron chi connectivity index (χ2n) is 6.21. The minimum atomic E-state index is -1.02. The van der Waals surface area contributed by atoms with E-state index in [0.29, 0.717) is 31.7 Å². The van der Waals surface area contributed by atoms with Crippen LogP contribution in [-0.2, 0) is 4.79 Å². The summed E-state index contributed by atoms with van der Waals surface area (Å²) >= 11 is 0. The second kappa shape index (κ2) is 8.19. The lowest BCUT2D eigenvalue weighted by molar-refractivity contribution is -0.126. The Morgan fingerprint density at radius 3 is 2.15 bits per heavy atom. The monoisotopic (exact) mass is 361 g/mol. The van der Waals surface area contributed by atoms with Gasteiger partial charge in [0.2, 0.25) is 0 Å². The van der Waals surface area contributed by atoms with Crippen LogP contribution in [0.1, 0.15) is 15.9 Å². The maximum Gasteiger partial charge on any atom is 0.335 e. The Morgan fingerprint density at radius 1 is 0.963 bits per heavy atom. The van der Waals surface area contributed by atoms with E-state index in [-0.39, 0.29) is 17.0 Å². The molecule has 0 atom stereocenters. The third-order valence-corrected chi connectivity index (χ3v) is 4.51. The fourth-order valence-electron chi connectivity index (χ4n) is 3.01. The predicted molar refractivity (Wildman–Crippen MR) is 102 cm³/mol. The van der Waals surface area contributed by atoms with E-state index in [2.05, 4.69) is 4.90 Å². The molecule has 0 saturated carbocycles. The van der Waals surface area contributed by atoms with Crippen LogP contribution in [0.2, 0.25) is 0 Å². The van der Waals surface area contributed by atoms with Gasteiger partial charge in [-0.3, -0.25) is 4.79 Å². The van der Waals surface area contributed by atoms with Gasteiger partial charge in [-0.05, 0) is 35.9 Å². The number of carbonyl (C=O) groups is 2. The number of nitrogens with zero attached hydrogens (tertiary/aromatic N) is 3. The number of aromatic carboxylic acids is 1. The Hall–Kier alpha value is -3.59. The first-order chi connectivity index (χ1) is 13.1. The van der Waals surface area contributed by atoms with Gasteiger partial charge in [-0.25, -0.2) is 4.79 Å². The van der Waals surface area contributed by atoms with E-state index in [1.165, 1.54) is 18.2 Å². The first-order valence-corrected chi connectivity index (χ1v) is 8.63. The molecule has 1 saturated heterocycles. The van der Waals surface area contributed by atoms with E-state index in [1.54, 1.807) is 17.0 Å². The highest BCUT2D eigenvalue weighted by Crippen LogP contribution is 2.17. The molecule has 1 fully saturated rings. The molecule has 136 valence electrons. The molecule has 0 unspecified atom stereocenters. The Kier molecular flexibility index (Phi) is 5.53. The first kappa shape index (κ1) is 18.2. The highest BCUT2D eigenvalue weighted by Gasteiger charge is 2.23. The minimum Gasteiger partial charge on any atom is -0.478 e. The van der Waals surface area contributed by atoms with Crippen molar-refractivity contribution in [2.24, 2.45) is 0 Å². The summed E-state index contributed by atoms with van der Waals surface area (Å²) in [6.07, 6.45) is 1.50. The average Bonchev–Trinajstić information content (AvgIpc) is 2.72. The maximum atomic E-state index is 12.7. The van der Waals surface area contributed by atoms with Gasteiger partial charge in [0.05, 0.1) is 5.56 Å². The van der Waals surface area contributed by atoms with Gasteiger partial charge in [0, 0.05) is 31.9 Å². The number of anilines is 1. The number of rotatable bonds is 4. The van der Waals surface area contributed by atoms with E-state index in [4.69, 9.17) is 5.11 Å². The van der Waals surface area contributed by atoms with Crippen LogP contribution in [0.25, 0.3) is 6.08 Å². The lowest BCUT2D eigenvalue weighted by Crippen LogP contribution is -2.49. The standard InChI is InChI=1S/C21H19N3O3/c22-15-18(14-16-6-8-17(9-7-16)21(26)27)20(25)24-12-10-23(11-13-24)19-4-2-1-3-5-19/h1-9,14H,10-13H2,(H,26,27)/b18-14+. The topological polar surface area (TPSA) is 84.6 Å².